The Hall–Kier alpha value is -1.95. The lowest BCUT2D eigenvalue weighted by molar-refractivity contribution is -0.149. The van der Waals surface area contributed by atoms with Crippen LogP contribution in [-0.2, 0) is 4.79 Å². The van der Waals surface area contributed by atoms with E-state index in [0.717, 1.165) is 25.1 Å². The molecule has 2 aliphatic heterocycles. The molecule has 2 saturated heterocycles. The number of hydrogen-bond donors (Lipinski definition) is 1. The van der Waals surface area contributed by atoms with E-state index in [4.69, 9.17) is 0 Å². The van der Waals surface area contributed by atoms with Crippen LogP contribution in [0.4, 0.5) is 0 Å². The third-order valence-electron chi connectivity index (χ3n) is 5.71. The highest BCUT2D eigenvalue weighted by atomic mass is 16.3. The van der Waals surface area contributed by atoms with Crippen molar-refractivity contribution in [2.45, 2.75) is 64.3 Å². The molecule has 2 aliphatic rings. The fraction of sp³-hybridized carbons (Fsp3) is 0.632. The number of aromatic nitrogens is 2. The summed E-state index contributed by atoms with van der Waals surface area (Å²) in [4.78, 5) is 25.5. The number of hydrogen-bond acceptors (Lipinski definition) is 5. The van der Waals surface area contributed by atoms with E-state index in [-0.39, 0.29) is 29.4 Å². The molecule has 136 valence electrons. The SMILES string of the molecule is C=C1N(C(c2ncccn2)C(C)O)C(C)C12CCCN2C(=O)C(C)C. The molecule has 4 unspecified atom stereocenters. The van der Waals surface area contributed by atoms with E-state index < -0.39 is 6.10 Å². The van der Waals surface area contributed by atoms with Gasteiger partial charge in [0.2, 0.25) is 5.91 Å². The molecular weight excluding hydrogens is 316 g/mol. The summed E-state index contributed by atoms with van der Waals surface area (Å²) in [5, 5.41) is 10.4. The lowest BCUT2D eigenvalue weighted by Crippen LogP contribution is -2.73. The van der Waals surface area contributed by atoms with Crippen LogP contribution in [0.15, 0.2) is 30.7 Å². The molecule has 4 atom stereocenters. The van der Waals surface area contributed by atoms with Crippen LogP contribution in [0.25, 0.3) is 0 Å². The van der Waals surface area contributed by atoms with Gasteiger partial charge < -0.3 is 14.9 Å². The van der Waals surface area contributed by atoms with Crippen LogP contribution in [0.2, 0.25) is 0 Å². The molecule has 0 bridgehead atoms. The zero-order chi connectivity index (χ0) is 18.4. The van der Waals surface area contributed by atoms with E-state index in [1.54, 1.807) is 25.4 Å². The van der Waals surface area contributed by atoms with Crippen molar-refractivity contribution < 1.29 is 9.90 Å². The normalized spacial score (nSPS) is 28.4. The standard InChI is InChI=1S/C19H28N4O2/c1-12(2)18(25)22-11-6-8-19(22)14(4)23(15(19)5)16(13(3)24)17-20-9-7-10-21-17/h7,9-10,12-13,15-16,24H,4,6,8,11H2,1-3,5H3. The summed E-state index contributed by atoms with van der Waals surface area (Å²) in [6.45, 7) is 12.8. The molecule has 1 amide bonds. The van der Waals surface area contributed by atoms with Crippen molar-refractivity contribution in [3.8, 4) is 0 Å². The summed E-state index contributed by atoms with van der Waals surface area (Å²) < 4.78 is 0. The Bertz CT molecular complexity index is 661. The highest BCUT2D eigenvalue weighted by Gasteiger charge is 2.62. The van der Waals surface area contributed by atoms with Gasteiger partial charge in [-0.25, -0.2) is 9.97 Å². The molecule has 0 saturated carbocycles. The molecule has 1 aromatic heterocycles. The molecule has 1 spiro atoms. The van der Waals surface area contributed by atoms with Crippen LogP contribution >= 0.6 is 0 Å². The van der Waals surface area contributed by atoms with Crippen LogP contribution in [0.1, 0.15) is 52.4 Å². The van der Waals surface area contributed by atoms with Gasteiger partial charge in [0.15, 0.2) is 5.82 Å². The lowest BCUT2D eigenvalue weighted by Gasteiger charge is -2.63. The van der Waals surface area contributed by atoms with E-state index in [2.05, 4.69) is 28.4 Å². The first-order valence-electron chi connectivity index (χ1n) is 9.06. The molecule has 2 fully saturated rings. The largest absolute Gasteiger partial charge is 0.391 e. The zero-order valence-electron chi connectivity index (χ0n) is 15.5. The minimum Gasteiger partial charge on any atom is -0.391 e. The second-order valence-corrected chi connectivity index (χ2v) is 7.49. The maximum Gasteiger partial charge on any atom is 0.225 e. The summed E-state index contributed by atoms with van der Waals surface area (Å²) >= 11 is 0. The zero-order valence-corrected chi connectivity index (χ0v) is 15.5. The maximum atomic E-state index is 12.7. The Kier molecular flexibility index (Phi) is 4.58. The minimum absolute atomic E-state index is 0.0333. The third-order valence-corrected chi connectivity index (χ3v) is 5.71. The molecule has 1 N–H and O–H groups in total. The van der Waals surface area contributed by atoms with Gasteiger partial charge in [-0.2, -0.15) is 0 Å². The second-order valence-electron chi connectivity index (χ2n) is 7.49. The molecule has 6 heteroatoms. The average Bonchev–Trinajstić information content (AvgIpc) is 3.06. The number of carbonyl (C=O) groups excluding carboxylic acids is 1. The van der Waals surface area contributed by atoms with Gasteiger partial charge in [0.25, 0.3) is 0 Å². The fourth-order valence-electron chi connectivity index (χ4n) is 4.50. The van der Waals surface area contributed by atoms with Gasteiger partial charge in [-0.15, -0.1) is 0 Å². The van der Waals surface area contributed by atoms with Gasteiger partial charge in [0, 0.05) is 30.6 Å². The highest BCUT2D eigenvalue weighted by Crippen LogP contribution is 2.53. The number of rotatable bonds is 4. The molecule has 1 aromatic rings. The summed E-state index contributed by atoms with van der Waals surface area (Å²) in [6, 6.07) is 1.47. The number of aliphatic hydroxyl groups is 1. The van der Waals surface area contributed by atoms with Gasteiger partial charge in [-0.3, -0.25) is 4.79 Å². The molecule has 3 rings (SSSR count). The monoisotopic (exact) mass is 344 g/mol. The second kappa shape index (κ2) is 6.41. The number of carbonyl (C=O) groups is 1. The Morgan fingerprint density at radius 3 is 2.52 bits per heavy atom. The van der Waals surface area contributed by atoms with Crippen molar-refractivity contribution in [3.63, 3.8) is 0 Å². The molecular formula is C19H28N4O2. The molecule has 3 heterocycles. The number of aliphatic hydroxyl groups excluding tert-OH is 1. The molecule has 6 nitrogen and oxygen atoms in total. The van der Waals surface area contributed by atoms with E-state index in [0.29, 0.717) is 5.82 Å². The van der Waals surface area contributed by atoms with Gasteiger partial charge in [0.1, 0.15) is 11.6 Å². The maximum absolute atomic E-state index is 12.7. The van der Waals surface area contributed by atoms with Crippen LogP contribution in [0.5, 0.6) is 0 Å². The Morgan fingerprint density at radius 2 is 2.00 bits per heavy atom. The summed E-state index contributed by atoms with van der Waals surface area (Å²) in [6.07, 6.45) is 4.63. The van der Waals surface area contributed by atoms with Crippen LogP contribution < -0.4 is 0 Å². The number of likely N-dealkylation sites (tertiary alicyclic amines) is 2. The summed E-state index contributed by atoms with van der Waals surface area (Å²) in [5.74, 6) is 0.726. The van der Waals surface area contributed by atoms with E-state index in [1.165, 1.54) is 0 Å². The third kappa shape index (κ3) is 2.54. The first-order valence-corrected chi connectivity index (χ1v) is 9.06. The predicted octanol–water partition coefficient (Wildman–Crippen LogP) is 2.13. The molecule has 0 radical (unpaired) electrons. The van der Waals surface area contributed by atoms with E-state index in [1.807, 2.05) is 18.7 Å². The molecule has 25 heavy (non-hydrogen) atoms. The van der Waals surface area contributed by atoms with Crippen molar-refractivity contribution in [3.05, 3.63) is 36.6 Å². The number of nitrogens with zero attached hydrogens (tertiary/aromatic N) is 4. The first kappa shape index (κ1) is 17.9. The minimum atomic E-state index is -0.644. The Labute approximate surface area is 149 Å². The van der Waals surface area contributed by atoms with Crippen molar-refractivity contribution in [1.82, 2.24) is 19.8 Å². The lowest BCUT2D eigenvalue weighted by atomic mass is 9.73. The highest BCUT2D eigenvalue weighted by molar-refractivity contribution is 5.80. The van der Waals surface area contributed by atoms with Gasteiger partial charge in [-0.05, 0) is 32.8 Å². The molecule has 0 aliphatic carbocycles. The fourth-order valence-corrected chi connectivity index (χ4v) is 4.50. The molecule has 0 aromatic carbocycles. The van der Waals surface area contributed by atoms with Gasteiger partial charge in [0.05, 0.1) is 12.1 Å². The quantitative estimate of drug-likeness (QED) is 0.906. The number of amides is 1. The van der Waals surface area contributed by atoms with Crippen molar-refractivity contribution >= 4 is 5.91 Å². The average molecular weight is 344 g/mol. The Balaban J connectivity index is 1.92. The summed E-state index contributed by atoms with van der Waals surface area (Å²) in [5.41, 5.74) is 0.563. The summed E-state index contributed by atoms with van der Waals surface area (Å²) in [7, 11) is 0. The Morgan fingerprint density at radius 1 is 1.36 bits per heavy atom. The van der Waals surface area contributed by atoms with Crippen LogP contribution in [0, 0.1) is 5.92 Å². The van der Waals surface area contributed by atoms with Gasteiger partial charge >= 0.3 is 0 Å². The van der Waals surface area contributed by atoms with Gasteiger partial charge in [-0.1, -0.05) is 20.4 Å². The van der Waals surface area contributed by atoms with E-state index >= 15 is 0 Å². The van der Waals surface area contributed by atoms with E-state index in [9.17, 15) is 9.90 Å². The first-order chi connectivity index (χ1) is 11.8. The van der Waals surface area contributed by atoms with Crippen LogP contribution in [0.3, 0.4) is 0 Å². The van der Waals surface area contributed by atoms with Crippen molar-refractivity contribution in [2.75, 3.05) is 6.54 Å². The van der Waals surface area contributed by atoms with Crippen molar-refractivity contribution in [2.24, 2.45) is 5.92 Å². The van der Waals surface area contributed by atoms with Crippen LogP contribution in [-0.4, -0.2) is 55.0 Å². The smallest absolute Gasteiger partial charge is 0.225 e. The van der Waals surface area contributed by atoms with Crippen molar-refractivity contribution in [1.29, 1.82) is 0 Å². The predicted molar refractivity (Wildman–Crippen MR) is 95.4 cm³/mol. The topological polar surface area (TPSA) is 69.6 Å².